The number of esters is 1. The third kappa shape index (κ3) is 3.28. The van der Waals surface area contributed by atoms with E-state index in [-0.39, 0.29) is 12.1 Å². The van der Waals surface area contributed by atoms with Crippen molar-refractivity contribution in [1.82, 2.24) is 9.80 Å². The molecule has 4 rings (SSSR count). The number of carbonyl (C=O) groups excluding carboxylic acids is 2. The molecule has 0 aromatic carbocycles. The van der Waals surface area contributed by atoms with Gasteiger partial charge in [0.1, 0.15) is 11.9 Å². The lowest BCUT2D eigenvalue weighted by molar-refractivity contribution is -0.152. The molecule has 4 aliphatic rings. The van der Waals surface area contributed by atoms with Crippen LogP contribution in [0.4, 0.5) is 0 Å². The van der Waals surface area contributed by atoms with Gasteiger partial charge in [-0.25, -0.2) is 4.79 Å². The summed E-state index contributed by atoms with van der Waals surface area (Å²) in [6.45, 7) is 7.89. The fourth-order valence-electron chi connectivity index (χ4n) is 5.49. The third-order valence-corrected chi connectivity index (χ3v) is 6.96. The van der Waals surface area contributed by atoms with Gasteiger partial charge in [0, 0.05) is 63.1 Å². The van der Waals surface area contributed by atoms with Crippen LogP contribution in [0.2, 0.25) is 0 Å². The maximum Gasteiger partial charge on any atom is 0.333 e. The van der Waals surface area contributed by atoms with Crippen molar-refractivity contribution >= 4 is 11.8 Å². The van der Waals surface area contributed by atoms with Crippen LogP contribution in [0.25, 0.3) is 0 Å². The molecule has 0 aromatic rings. The summed E-state index contributed by atoms with van der Waals surface area (Å²) < 4.78 is 5.76. The van der Waals surface area contributed by atoms with Gasteiger partial charge in [-0.2, -0.15) is 0 Å². The number of hydrogen-bond donors (Lipinski definition) is 0. The molecule has 0 N–H and O–H groups in total. The fraction of sp³-hybridized carbons (Fsp3) is 0.800. The number of ether oxygens (including phenoxy) is 1. The molecule has 0 saturated carbocycles. The maximum absolute atomic E-state index is 12.1. The van der Waals surface area contributed by atoms with E-state index >= 15 is 0 Å². The Morgan fingerprint density at radius 3 is 2.60 bits per heavy atom. The first-order valence-electron chi connectivity index (χ1n) is 9.89. The van der Waals surface area contributed by atoms with E-state index in [1.807, 2.05) is 19.9 Å². The molecule has 0 radical (unpaired) electrons. The van der Waals surface area contributed by atoms with Crippen molar-refractivity contribution in [1.29, 1.82) is 0 Å². The Labute approximate surface area is 150 Å². The van der Waals surface area contributed by atoms with Gasteiger partial charge in [-0.1, -0.05) is 6.08 Å². The number of ketones is 1. The number of nitrogens with zero attached hydrogens (tertiary/aromatic N) is 2. The lowest BCUT2D eigenvalue weighted by Gasteiger charge is -2.57. The first kappa shape index (κ1) is 17.2. The van der Waals surface area contributed by atoms with E-state index in [0.717, 1.165) is 51.9 Å². The number of rotatable bonds is 2. The predicted octanol–water partition coefficient (Wildman–Crippen LogP) is 2.01. The Balaban J connectivity index is 1.42. The van der Waals surface area contributed by atoms with Crippen LogP contribution in [0.1, 0.15) is 46.0 Å². The Kier molecular flexibility index (Phi) is 4.71. The molecule has 5 heteroatoms. The van der Waals surface area contributed by atoms with Crippen molar-refractivity contribution in [2.75, 3.05) is 26.2 Å². The average Bonchev–Trinajstić information content (AvgIpc) is 2.62. The van der Waals surface area contributed by atoms with Crippen molar-refractivity contribution in [2.45, 2.75) is 64.1 Å². The molecule has 5 unspecified atom stereocenters. The number of piperidine rings is 4. The fourth-order valence-corrected chi connectivity index (χ4v) is 5.49. The Hall–Kier alpha value is -1.20. The molecule has 5 atom stereocenters. The van der Waals surface area contributed by atoms with Gasteiger partial charge in [0.2, 0.25) is 0 Å². The maximum atomic E-state index is 12.1. The predicted molar refractivity (Wildman–Crippen MR) is 95.1 cm³/mol. The standard InChI is InChI=1S/C20H30N2O3/c1-3-13(2)20(24)25-17-5-7-22-11-14-8-15(19(22)10-17)12-21-6-4-16(23)9-18(14)21/h3,14-15,17-19H,4-12H2,1-2H3/b13-3+. The summed E-state index contributed by atoms with van der Waals surface area (Å²) in [5.74, 6) is 1.59. The van der Waals surface area contributed by atoms with Crippen LogP contribution in [0.3, 0.4) is 0 Å². The molecule has 138 valence electrons. The molecular formula is C20H30N2O3. The van der Waals surface area contributed by atoms with Gasteiger partial charge in [-0.05, 0) is 38.5 Å². The van der Waals surface area contributed by atoms with Crippen LogP contribution in [0.5, 0.6) is 0 Å². The molecule has 4 aliphatic heterocycles. The number of fused-ring (bicyclic) bond motifs is 6. The molecule has 4 fully saturated rings. The van der Waals surface area contributed by atoms with E-state index in [1.165, 1.54) is 6.42 Å². The smallest absolute Gasteiger partial charge is 0.333 e. The highest BCUT2D eigenvalue weighted by atomic mass is 16.5. The molecule has 0 aromatic heterocycles. The molecule has 25 heavy (non-hydrogen) atoms. The molecule has 4 heterocycles. The van der Waals surface area contributed by atoms with Crippen molar-refractivity contribution in [3.8, 4) is 0 Å². The second-order valence-electron chi connectivity index (χ2n) is 8.40. The van der Waals surface area contributed by atoms with Gasteiger partial charge in [0.15, 0.2) is 0 Å². The minimum absolute atomic E-state index is 0.0563. The number of carbonyl (C=O) groups is 2. The SMILES string of the molecule is C/C=C(\C)C(=O)OC1CCN2CC3CC(CN4CCC(=O)CC34)C2C1. The zero-order valence-corrected chi connectivity index (χ0v) is 15.4. The summed E-state index contributed by atoms with van der Waals surface area (Å²) in [4.78, 5) is 29.2. The van der Waals surface area contributed by atoms with Crippen molar-refractivity contribution in [3.05, 3.63) is 11.6 Å². The number of hydrogen-bond acceptors (Lipinski definition) is 5. The second kappa shape index (κ2) is 6.84. The summed E-state index contributed by atoms with van der Waals surface area (Å²) >= 11 is 0. The minimum Gasteiger partial charge on any atom is -0.459 e. The zero-order valence-electron chi connectivity index (χ0n) is 15.4. The lowest BCUT2D eigenvalue weighted by Crippen LogP contribution is -2.65. The number of allylic oxidation sites excluding steroid dienone is 1. The molecule has 0 spiro atoms. The van der Waals surface area contributed by atoms with Gasteiger partial charge in [-0.3, -0.25) is 14.6 Å². The summed E-state index contributed by atoms with van der Waals surface area (Å²) in [6.07, 6.45) is 6.52. The van der Waals surface area contributed by atoms with E-state index in [2.05, 4.69) is 9.80 Å². The quantitative estimate of drug-likeness (QED) is 0.565. The topological polar surface area (TPSA) is 49.9 Å². The molecule has 0 amide bonds. The van der Waals surface area contributed by atoms with Gasteiger partial charge < -0.3 is 4.74 Å². The third-order valence-electron chi connectivity index (χ3n) is 6.96. The highest BCUT2D eigenvalue weighted by Crippen LogP contribution is 2.42. The Morgan fingerprint density at radius 1 is 1.12 bits per heavy atom. The summed E-state index contributed by atoms with van der Waals surface area (Å²) in [5, 5.41) is 0. The zero-order chi connectivity index (χ0) is 17.6. The molecule has 2 bridgehead atoms. The van der Waals surface area contributed by atoms with E-state index in [9.17, 15) is 9.59 Å². The van der Waals surface area contributed by atoms with Gasteiger partial charge in [-0.15, -0.1) is 0 Å². The van der Waals surface area contributed by atoms with Crippen LogP contribution >= 0.6 is 0 Å². The molecule has 5 nitrogen and oxygen atoms in total. The van der Waals surface area contributed by atoms with Crippen LogP contribution < -0.4 is 0 Å². The Morgan fingerprint density at radius 2 is 1.84 bits per heavy atom. The second-order valence-corrected chi connectivity index (χ2v) is 8.40. The Bertz CT molecular complexity index is 587. The summed E-state index contributed by atoms with van der Waals surface area (Å²) in [7, 11) is 0. The van der Waals surface area contributed by atoms with Gasteiger partial charge in [0.25, 0.3) is 0 Å². The summed E-state index contributed by atoms with van der Waals surface area (Å²) in [5.41, 5.74) is 0.699. The van der Waals surface area contributed by atoms with Crippen molar-refractivity contribution in [3.63, 3.8) is 0 Å². The molecule has 0 aliphatic carbocycles. The van der Waals surface area contributed by atoms with Crippen LogP contribution in [0.15, 0.2) is 11.6 Å². The van der Waals surface area contributed by atoms with Crippen molar-refractivity contribution < 1.29 is 14.3 Å². The largest absolute Gasteiger partial charge is 0.459 e. The van der Waals surface area contributed by atoms with Crippen LogP contribution in [0, 0.1) is 11.8 Å². The van der Waals surface area contributed by atoms with Crippen LogP contribution in [-0.4, -0.2) is 65.9 Å². The van der Waals surface area contributed by atoms with Gasteiger partial charge >= 0.3 is 5.97 Å². The molecule has 4 saturated heterocycles. The highest BCUT2D eigenvalue weighted by molar-refractivity contribution is 5.87. The average molecular weight is 346 g/mol. The van der Waals surface area contributed by atoms with E-state index < -0.39 is 0 Å². The monoisotopic (exact) mass is 346 g/mol. The van der Waals surface area contributed by atoms with E-state index in [1.54, 1.807) is 0 Å². The summed E-state index contributed by atoms with van der Waals surface area (Å²) in [6, 6.07) is 1.01. The first-order valence-corrected chi connectivity index (χ1v) is 9.89. The van der Waals surface area contributed by atoms with E-state index in [0.29, 0.717) is 35.3 Å². The van der Waals surface area contributed by atoms with E-state index in [4.69, 9.17) is 4.74 Å². The normalized spacial score (nSPS) is 39.5. The highest BCUT2D eigenvalue weighted by Gasteiger charge is 2.49. The number of Topliss-reactive ketones (excluding diaryl/α,β-unsaturated/α-hetero) is 1. The molecular weight excluding hydrogens is 316 g/mol. The lowest BCUT2D eigenvalue weighted by atomic mass is 9.70. The van der Waals surface area contributed by atoms with Crippen molar-refractivity contribution in [2.24, 2.45) is 11.8 Å². The first-order chi connectivity index (χ1) is 12.0. The van der Waals surface area contributed by atoms with Gasteiger partial charge in [0.05, 0.1) is 0 Å². The minimum atomic E-state index is -0.159. The van der Waals surface area contributed by atoms with Crippen LogP contribution in [-0.2, 0) is 14.3 Å².